The first kappa shape index (κ1) is 13.8. The number of benzene rings is 1. The van der Waals surface area contributed by atoms with Crippen molar-refractivity contribution in [1.82, 2.24) is 20.1 Å². The number of rotatable bonds is 6. The van der Waals surface area contributed by atoms with Gasteiger partial charge in [-0.2, -0.15) is 0 Å². The summed E-state index contributed by atoms with van der Waals surface area (Å²) in [6, 6.07) is 8.55. The monoisotopic (exact) mass is 284 g/mol. The summed E-state index contributed by atoms with van der Waals surface area (Å²) in [5.41, 5.74) is 2.52. The van der Waals surface area contributed by atoms with Crippen LogP contribution in [0.4, 0.5) is 0 Å². The average molecular weight is 284 g/mol. The highest BCUT2D eigenvalue weighted by atomic mass is 16.4. The van der Waals surface area contributed by atoms with Crippen molar-refractivity contribution < 1.29 is 4.42 Å². The van der Waals surface area contributed by atoms with Crippen LogP contribution >= 0.6 is 0 Å². The van der Waals surface area contributed by atoms with E-state index in [1.165, 1.54) is 16.5 Å². The van der Waals surface area contributed by atoms with Crippen molar-refractivity contribution in [3.63, 3.8) is 0 Å². The predicted octanol–water partition coefficient (Wildman–Crippen LogP) is 2.88. The van der Waals surface area contributed by atoms with Gasteiger partial charge in [0.25, 0.3) is 0 Å². The molecule has 0 aliphatic heterocycles. The van der Waals surface area contributed by atoms with Crippen LogP contribution < -0.4 is 5.32 Å². The Hall–Kier alpha value is -2.14. The molecule has 1 N–H and O–H groups in total. The molecule has 0 aliphatic carbocycles. The van der Waals surface area contributed by atoms with E-state index in [1.807, 2.05) is 6.92 Å². The van der Waals surface area contributed by atoms with E-state index in [0.717, 1.165) is 19.5 Å². The van der Waals surface area contributed by atoms with Crippen LogP contribution in [0.1, 0.15) is 30.7 Å². The normalized spacial score (nSPS) is 11.3. The summed E-state index contributed by atoms with van der Waals surface area (Å²) in [5, 5.41) is 12.7. The van der Waals surface area contributed by atoms with Crippen molar-refractivity contribution in [1.29, 1.82) is 0 Å². The number of hydrogen-bond acceptors (Lipinski definition) is 4. The fraction of sp³-hybridized carbons (Fsp3) is 0.375. The molecule has 5 heteroatoms. The van der Waals surface area contributed by atoms with Gasteiger partial charge in [-0.3, -0.25) is 0 Å². The molecule has 0 radical (unpaired) electrons. The zero-order valence-electron chi connectivity index (χ0n) is 12.5. The Bertz CT molecular complexity index is 729. The SMILES string of the molecule is CCCNCc1cccc2c1ccn2Cc1nnc(C)o1. The molecule has 0 saturated carbocycles. The molecule has 1 aromatic carbocycles. The van der Waals surface area contributed by atoms with Crippen molar-refractivity contribution in [2.45, 2.75) is 33.4 Å². The maximum atomic E-state index is 5.46. The maximum Gasteiger partial charge on any atom is 0.236 e. The predicted molar refractivity (Wildman–Crippen MR) is 82.1 cm³/mol. The molecular weight excluding hydrogens is 264 g/mol. The van der Waals surface area contributed by atoms with E-state index in [0.29, 0.717) is 18.3 Å². The van der Waals surface area contributed by atoms with Crippen LogP contribution in [0.2, 0.25) is 0 Å². The van der Waals surface area contributed by atoms with E-state index in [1.54, 1.807) is 0 Å². The summed E-state index contributed by atoms with van der Waals surface area (Å²) in [6.07, 6.45) is 3.22. The Kier molecular flexibility index (Phi) is 4.01. The van der Waals surface area contributed by atoms with Gasteiger partial charge in [-0.1, -0.05) is 19.1 Å². The molecule has 0 saturated heterocycles. The van der Waals surface area contributed by atoms with Gasteiger partial charge >= 0.3 is 0 Å². The number of fused-ring (bicyclic) bond motifs is 1. The highest BCUT2D eigenvalue weighted by Crippen LogP contribution is 2.21. The molecule has 3 rings (SSSR count). The standard InChI is InChI=1S/C16H20N4O/c1-3-8-17-10-13-5-4-6-15-14(13)7-9-20(15)11-16-19-18-12(2)21-16/h4-7,9,17H,3,8,10-11H2,1-2H3. The van der Waals surface area contributed by atoms with Crippen LogP contribution in [0.15, 0.2) is 34.9 Å². The Morgan fingerprint density at radius 3 is 2.90 bits per heavy atom. The van der Waals surface area contributed by atoms with E-state index >= 15 is 0 Å². The molecule has 2 heterocycles. The van der Waals surface area contributed by atoms with E-state index in [2.05, 4.69) is 57.5 Å². The molecule has 21 heavy (non-hydrogen) atoms. The van der Waals surface area contributed by atoms with Gasteiger partial charge in [-0.05, 0) is 30.7 Å². The van der Waals surface area contributed by atoms with Crippen LogP contribution in [0.25, 0.3) is 10.9 Å². The Balaban J connectivity index is 1.86. The van der Waals surface area contributed by atoms with Gasteiger partial charge in [0.15, 0.2) is 0 Å². The summed E-state index contributed by atoms with van der Waals surface area (Å²) in [7, 11) is 0. The smallest absolute Gasteiger partial charge is 0.236 e. The quantitative estimate of drug-likeness (QED) is 0.707. The number of nitrogens with one attached hydrogen (secondary N) is 1. The lowest BCUT2D eigenvalue weighted by molar-refractivity contribution is 0.457. The third-order valence-electron chi connectivity index (χ3n) is 3.52. The van der Waals surface area contributed by atoms with Gasteiger partial charge < -0.3 is 14.3 Å². The molecule has 2 aromatic heterocycles. The second-order valence-corrected chi connectivity index (χ2v) is 5.19. The molecule has 0 spiro atoms. The van der Waals surface area contributed by atoms with E-state index < -0.39 is 0 Å². The maximum absolute atomic E-state index is 5.46. The van der Waals surface area contributed by atoms with Crippen molar-refractivity contribution in [2.75, 3.05) is 6.54 Å². The lowest BCUT2D eigenvalue weighted by Crippen LogP contribution is -2.13. The summed E-state index contributed by atoms with van der Waals surface area (Å²) in [6.45, 7) is 6.53. The summed E-state index contributed by atoms with van der Waals surface area (Å²) in [5.74, 6) is 1.24. The molecule has 0 unspecified atom stereocenters. The molecule has 0 bridgehead atoms. The molecule has 0 aliphatic rings. The third-order valence-corrected chi connectivity index (χ3v) is 3.52. The summed E-state index contributed by atoms with van der Waals surface area (Å²) >= 11 is 0. The minimum Gasteiger partial charge on any atom is -0.424 e. The second-order valence-electron chi connectivity index (χ2n) is 5.19. The van der Waals surface area contributed by atoms with Crippen LogP contribution in [0, 0.1) is 6.92 Å². The van der Waals surface area contributed by atoms with Crippen LogP contribution in [0.5, 0.6) is 0 Å². The fourth-order valence-electron chi connectivity index (χ4n) is 2.53. The van der Waals surface area contributed by atoms with E-state index in [-0.39, 0.29) is 0 Å². The van der Waals surface area contributed by atoms with Crippen LogP contribution in [-0.2, 0) is 13.1 Å². The van der Waals surface area contributed by atoms with Crippen molar-refractivity contribution in [3.8, 4) is 0 Å². The van der Waals surface area contributed by atoms with Crippen molar-refractivity contribution >= 4 is 10.9 Å². The zero-order valence-corrected chi connectivity index (χ0v) is 12.5. The lowest BCUT2D eigenvalue weighted by atomic mass is 10.1. The highest BCUT2D eigenvalue weighted by molar-refractivity contribution is 5.83. The average Bonchev–Trinajstić information content (AvgIpc) is 3.07. The van der Waals surface area contributed by atoms with Crippen molar-refractivity contribution in [3.05, 3.63) is 47.8 Å². The Labute approximate surface area is 124 Å². The highest BCUT2D eigenvalue weighted by Gasteiger charge is 2.08. The zero-order chi connectivity index (χ0) is 14.7. The van der Waals surface area contributed by atoms with Gasteiger partial charge in [0, 0.05) is 30.6 Å². The first-order valence-electron chi connectivity index (χ1n) is 7.34. The second kappa shape index (κ2) is 6.10. The minimum atomic E-state index is 0.603. The Morgan fingerprint density at radius 2 is 2.14 bits per heavy atom. The lowest BCUT2D eigenvalue weighted by Gasteiger charge is -2.06. The van der Waals surface area contributed by atoms with Crippen LogP contribution in [-0.4, -0.2) is 21.3 Å². The summed E-state index contributed by atoms with van der Waals surface area (Å²) < 4.78 is 7.60. The number of hydrogen-bond donors (Lipinski definition) is 1. The number of aryl methyl sites for hydroxylation is 1. The first-order chi connectivity index (χ1) is 10.3. The molecule has 3 aromatic rings. The topological polar surface area (TPSA) is 55.9 Å². The van der Waals surface area contributed by atoms with Crippen molar-refractivity contribution in [2.24, 2.45) is 0 Å². The van der Waals surface area contributed by atoms with Gasteiger partial charge in [0.1, 0.15) is 6.54 Å². The molecule has 0 amide bonds. The third kappa shape index (κ3) is 2.97. The fourth-order valence-corrected chi connectivity index (χ4v) is 2.53. The molecule has 0 fully saturated rings. The van der Waals surface area contributed by atoms with Gasteiger partial charge in [-0.15, -0.1) is 10.2 Å². The minimum absolute atomic E-state index is 0.603. The molecule has 110 valence electrons. The summed E-state index contributed by atoms with van der Waals surface area (Å²) in [4.78, 5) is 0. The van der Waals surface area contributed by atoms with Gasteiger partial charge in [0.05, 0.1) is 0 Å². The molecule has 5 nitrogen and oxygen atoms in total. The largest absolute Gasteiger partial charge is 0.424 e. The van der Waals surface area contributed by atoms with E-state index in [9.17, 15) is 0 Å². The first-order valence-corrected chi connectivity index (χ1v) is 7.34. The molecule has 0 atom stereocenters. The number of aromatic nitrogens is 3. The Morgan fingerprint density at radius 1 is 1.24 bits per heavy atom. The van der Waals surface area contributed by atoms with Gasteiger partial charge in [-0.25, -0.2) is 0 Å². The molecular formula is C16H20N4O. The van der Waals surface area contributed by atoms with Crippen LogP contribution in [0.3, 0.4) is 0 Å². The number of nitrogens with zero attached hydrogens (tertiary/aromatic N) is 3. The van der Waals surface area contributed by atoms with Gasteiger partial charge in [0.2, 0.25) is 11.8 Å². The van der Waals surface area contributed by atoms with E-state index in [4.69, 9.17) is 4.42 Å².